The normalized spacial score (nSPS) is 12.1. The monoisotopic (exact) mass is 374 g/mol. The van der Waals surface area contributed by atoms with Crippen LogP contribution in [0.15, 0.2) is 79.0 Å². The van der Waals surface area contributed by atoms with Crippen LogP contribution in [-0.4, -0.2) is 21.4 Å². The number of aromatic nitrogens is 1. The standard InChI is InChI=1S/C25H30N2O/c1-4-24(22-14-9-6-10-15-22)25(28)27(20(2)3)19-23-16-11-17-26(23)18-21-12-7-5-8-13-21/h5-17,20,24H,4,18-19H2,1-3H3. The number of rotatable bonds is 8. The van der Waals surface area contributed by atoms with Gasteiger partial charge in [0.1, 0.15) is 0 Å². The maximum atomic E-state index is 13.4. The number of hydrogen-bond donors (Lipinski definition) is 0. The summed E-state index contributed by atoms with van der Waals surface area (Å²) >= 11 is 0. The fourth-order valence-electron chi connectivity index (χ4n) is 3.66. The number of carbonyl (C=O) groups is 1. The molecule has 3 heteroatoms. The molecule has 0 N–H and O–H groups in total. The fraction of sp³-hybridized carbons (Fsp3) is 0.320. The first-order valence-corrected chi connectivity index (χ1v) is 10.1. The van der Waals surface area contributed by atoms with Crippen molar-refractivity contribution in [3.8, 4) is 0 Å². The molecule has 2 aromatic carbocycles. The highest BCUT2D eigenvalue weighted by Crippen LogP contribution is 2.24. The fourth-order valence-corrected chi connectivity index (χ4v) is 3.66. The smallest absolute Gasteiger partial charge is 0.230 e. The number of benzene rings is 2. The van der Waals surface area contributed by atoms with Crippen LogP contribution in [0.3, 0.4) is 0 Å². The van der Waals surface area contributed by atoms with Gasteiger partial charge < -0.3 is 9.47 Å². The van der Waals surface area contributed by atoms with Gasteiger partial charge in [-0.1, -0.05) is 67.6 Å². The van der Waals surface area contributed by atoms with Crippen molar-refractivity contribution in [2.24, 2.45) is 0 Å². The highest BCUT2D eigenvalue weighted by Gasteiger charge is 2.26. The van der Waals surface area contributed by atoms with Gasteiger partial charge in [-0.3, -0.25) is 4.79 Å². The topological polar surface area (TPSA) is 25.2 Å². The largest absolute Gasteiger partial charge is 0.345 e. The molecule has 1 aromatic heterocycles. The van der Waals surface area contributed by atoms with Crippen molar-refractivity contribution in [1.82, 2.24) is 9.47 Å². The second kappa shape index (κ2) is 9.41. The minimum atomic E-state index is -0.0962. The van der Waals surface area contributed by atoms with E-state index in [-0.39, 0.29) is 17.9 Å². The van der Waals surface area contributed by atoms with Gasteiger partial charge in [-0.25, -0.2) is 0 Å². The SMILES string of the molecule is CCC(C(=O)N(Cc1cccn1Cc1ccccc1)C(C)C)c1ccccc1. The Labute approximate surface area is 168 Å². The molecular weight excluding hydrogens is 344 g/mol. The maximum Gasteiger partial charge on any atom is 0.230 e. The summed E-state index contributed by atoms with van der Waals surface area (Å²) in [5.74, 6) is 0.109. The van der Waals surface area contributed by atoms with Crippen molar-refractivity contribution in [1.29, 1.82) is 0 Å². The van der Waals surface area contributed by atoms with Crippen molar-refractivity contribution in [3.63, 3.8) is 0 Å². The number of amides is 1. The van der Waals surface area contributed by atoms with E-state index >= 15 is 0 Å². The molecule has 0 saturated carbocycles. The molecule has 0 radical (unpaired) electrons. The van der Waals surface area contributed by atoms with E-state index in [0.717, 1.165) is 24.2 Å². The summed E-state index contributed by atoms with van der Waals surface area (Å²) in [7, 11) is 0. The predicted octanol–water partition coefficient (Wildman–Crippen LogP) is 5.47. The lowest BCUT2D eigenvalue weighted by molar-refractivity contribution is -0.135. The van der Waals surface area contributed by atoms with Crippen LogP contribution in [0.4, 0.5) is 0 Å². The molecule has 3 rings (SSSR count). The first-order chi connectivity index (χ1) is 13.6. The lowest BCUT2D eigenvalue weighted by Gasteiger charge is -2.31. The van der Waals surface area contributed by atoms with Gasteiger partial charge in [0.15, 0.2) is 0 Å². The van der Waals surface area contributed by atoms with Gasteiger partial charge >= 0.3 is 0 Å². The Hall–Kier alpha value is -2.81. The third-order valence-electron chi connectivity index (χ3n) is 5.27. The summed E-state index contributed by atoms with van der Waals surface area (Å²) < 4.78 is 2.24. The Balaban J connectivity index is 1.80. The van der Waals surface area contributed by atoms with Crippen molar-refractivity contribution < 1.29 is 4.79 Å². The van der Waals surface area contributed by atoms with Crippen LogP contribution >= 0.6 is 0 Å². The molecule has 3 aromatic rings. The summed E-state index contributed by atoms with van der Waals surface area (Å²) in [4.78, 5) is 15.4. The Morgan fingerprint density at radius 1 is 0.929 bits per heavy atom. The zero-order chi connectivity index (χ0) is 19.9. The molecular formula is C25H30N2O. The van der Waals surface area contributed by atoms with Gasteiger partial charge in [-0.2, -0.15) is 0 Å². The van der Waals surface area contributed by atoms with E-state index < -0.39 is 0 Å². The van der Waals surface area contributed by atoms with Gasteiger partial charge in [0, 0.05) is 24.5 Å². The van der Waals surface area contributed by atoms with E-state index in [1.807, 2.05) is 29.2 Å². The van der Waals surface area contributed by atoms with Crippen molar-refractivity contribution in [3.05, 3.63) is 95.8 Å². The highest BCUT2D eigenvalue weighted by molar-refractivity contribution is 5.84. The number of nitrogens with zero attached hydrogens (tertiary/aromatic N) is 2. The number of hydrogen-bond acceptors (Lipinski definition) is 1. The van der Waals surface area contributed by atoms with Gasteiger partial charge in [-0.05, 0) is 43.5 Å². The molecule has 0 bridgehead atoms. The quantitative estimate of drug-likeness (QED) is 0.513. The average molecular weight is 375 g/mol. The van der Waals surface area contributed by atoms with Gasteiger partial charge in [0.25, 0.3) is 0 Å². The minimum absolute atomic E-state index is 0.0962. The Bertz CT molecular complexity index is 868. The second-order valence-electron chi connectivity index (χ2n) is 7.54. The van der Waals surface area contributed by atoms with E-state index in [9.17, 15) is 4.79 Å². The second-order valence-corrected chi connectivity index (χ2v) is 7.54. The molecule has 0 aliphatic heterocycles. The Morgan fingerprint density at radius 3 is 2.18 bits per heavy atom. The third-order valence-corrected chi connectivity index (χ3v) is 5.27. The average Bonchev–Trinajstić information content (AvgIpc) is 3.14. The lowest BCUT2D eigenvalue weighted by Crippen LogP contribution is -2.40. The summed E-state index contributed by atoms with van der Waals surface area (Å²) in [5, 5.41) is 0. The van der Waals surface area contributed by atoms with Crippen LogP contribution in [0.25, 0.3) is 0 Å². The molecule has 3 nitrogen and oxygen atoms in total. The first kappa shape index (κ1) is 19.9. The molecule has 0 fully saturated rings. The summed E-state index contributed by atoms with van der Waals surface area (Å²) in [6, 6.07) is 24.9. The molecule has 1 unspecified atom stereocenters. The summed E-state index contributed by atoms with van der Waals surface area (Å²) in [6.07, 6.45) is 2.90. The molecule has 146 valence electrons. The van der Waals surface area contributed by atoms with E-state index in [2.05, 4.69) is 80.1 Å². The molecule has 0 spiro atoms. The molecule has 1 heterocycles. The van der Waals surface area contributed by atoms with Crippen molar-refractivity contribution in [2.75, 3.05) is 0 Å². The van der Waals surface area contributed by atoms with Crippen LogP contribution < -0.4 is 0 Å². The highest BCUT2D eigenvalue weighted by atomic mass is 16.2. The van der Waals surface area contributed by atoms with Crippen LogP contribution in [-0.2, 0) is 17.9 Å². The van der Waals surface area contributed by atoms with E-state index in [1.54, 1.807) is 0 Å². The molecule has 0 aliphatic carbocycles. The summed E-state index contributed by atoms with van der Waals surface area (Å²) in [5.41, 5.74) is 3.52. The predicted molar refractivity (Wildman–Crippen MR) is 115 cm³/mol. The van der Waals surface area contributed by atoms with Crippen LogP contribution in [0, 0.1) is 0 Å². The van der Waals surface area contributed by atoms with Crippen molar-refractivity contribution >= 4 is 5.91 Å². The zero-order valence-corrected chi connectivity index (χ0v) is 17.1. The molecule has 1 amide bonds. The van der Waals surface area contributed by atoms with Crippen LogP contribution in [0.1, 0.15) is 49.9 Å². The van der Waals surface area contributed by atoms with Gasteiger partial charge in [0.2, 0.25) is 5.91 Å². The Kier molecular flexibility index (Phi) is 6.70. The van der Waals surface area contributed by atoms with E-state index in [4.69, 9.17) is 0 Å². The molecule has 28 heavy (non-hydrogen) atoms. The van der Waals surface area contributed by atoms with Crippen molar-refractivity contribution in [2.45, 2.75) is 52.2 Å². The molecule has 0 saturated heterocycles. The first-order valence-electron chi connectivity index (χ1n) is 10.1. The molecule has 0 aliphatic rings. The zero-order valence-electron chi connectivity index (χ0n) is 17.1. The van der Waals surface area contributed by atoms with Crippen LogP contribution in [0.2, 0.25) is 0 Å². The molecule has 1 atom stereocenters. The van der Waals surface area contributed by atoms with Crippen LogP contribution in [0.5, 0.6) is 0 Å². The third kappa shape index (κ3) is 4.72. The maximum absolute atomic E-state index is 13.4. The van der Waals surface area contributed by atoms with Gasteiger partial charge in [0.05, 0.1) is 12.5 Å². The van der Waals surface area contributed by atoms with Gasteiger partial charge in [-0.15, -0.1) is 0 Å². The Morgan fingerprint density at radius 2 is 1.57 bits per heavy atom. The van der Waals surface area contributed by atoms with E-state index in [1.165, 1.54) is 5.56 Å². The number of carbonyl (C=O) groups excluding carboxylic acids is 1. The van der Waals surface area contributed by atoms with E-state index in [0.29, 0.717) is 6.54 Å². The lowest BCUT2D eigenvalue weighted by atomic mass is 9.94. The minimum Gasteiger partial charge on any atom is -0.345 e. The summed E-state index contributed by atoms with van der Waals surface area (Å²) in [6.45, 7) is 7.73.